The van der Waals surface area contributed by atoms with Crippen molar-refractivity contribution in [3.63, 3.8) is 0 Å². The minimum absolute atomic E-state index is 0.0452. The summed E-state index contributed by atoms with van der Waals surface area (Å²) < 4.78 is 7.21. The molecule has 1 saturated heterocycles. The maximum atomic E-state index is 10.9. The largest absolute Gasteiger partial charge is 0.481 e. The van der Waals surface area contributed by atoms with E-state index in [9.17, 15) is 4.79 Å². The summed E-state index contributed by atoms with van der Waals surface area (Å²) >= 11 is 0. The van der Waals surface area contributed by atoms with E-state index in [0.29, 0.717) is 13.2 Å². The summed E-state index contributed by atoms with van der Waals surface area (Å²) in [6.45, 7) is 4.76. The third-order valence-electron chi connectivity index (χ3n) is 3.46. The standard InChI is InChI=1S/C13H21N3O3/c1-3-12-10(7-15(2)14-12)8-16-4-5-19-9-11(16)6-13(17)18/h7,11H,3-6,8-9H2,1-2H3,(H,17,18). The van der Waals surface area contributed by atoms with Crippen molar-refractivity contribution in [1.29, 1.82) is 0 Å². The Morgan fingerprint density at radius 1 is 1.63 bits per heavy atom. The molecule has 1 aromatic heterocycles. The lowest BCUT2D eigenvalue weighted by Crippen LogP contribution is -2.45. The number of morpholine rings is 1. The number of aliphatic carboxylic acids is 1. The molecule has 2 heterocycles. The van der Waals surface area contributed by atoms with E-state index in [4.69, 9.17) is 9.84 Å². The van der Waals surface area contributed by atoms with Gasteiger partial charge in [-0.3, -0.25) is 14.4 Å². The van der Waals surface area contributed by atoms with Crippen LogP contribution in [-0.4, -0.2) is 51.6 Å². The zero-order valence-corrected chi connectivity index (χ0v) is 11.5. The number of carbonyl (C=O) groups is 1. The first-order valence-electron chi connectivity index (χ1n) is 6.65. The van der Waals surface area contributed by atoms with E-state index in [2.05, 4.69) is 16.9 Å². The van der Waals surface area contributed by atoms with Gasteiger partial charge in [-0.2, -0.15) is 5.10 Å². The molecule has 0 spiro atoms. The Bertz CT molecular complexity index is 444. The highest BCUT2D eigenvalue weighted by Crippen LogP contribution is 2.17. The maximum Gasteiger partial charge on any atom is 0.305 e. The minimum Gasteiger partial charge on any atom is -0.481 e. The van der Waals surface area contributed by atoms with Crippen molar-refractivity contribution < 1.29 is 14.6 Å². The molecule has 1 aromatic rings. The lowest BCUT2D eigenvalue weighted by atomic mass is 10.1. The molecule has 6 nitrogen and oxygen atoms in total. The highest BCUT2D eigenvalue weighted by Gasteiger charge is 2.26. The molecule has 1 unspecified atom stereocenters. The van der Waals surface area contributed by atoms with Gasteiger partial charge in [0.2, 0.25) is 0 Å². The van der Waals surface area contributed by atoms with E-state index < -0.39 is 5.97 Å². The van der Waals surface area contributed by atoms with Crippen LogP contribution < -0.4 is 0 Å². The molecule has 1 aliphatic heterocycles. The summed E-state index contributed by atoms with van der Waals surface area (Å²) in [5.74, 6) is -0.776. The third-order valence-corrected chi connectivity index (χ3v) is 3.46. The van der Waals surface area contributed by atoms with Crippen molar-refractivity contribution in [2.24, 2.45) is 7.05 Å². The van der Waals surface area contributed by atoms with Gasteiger partial charge in [0.1, 0.15) is 0 Å². The third kappa shape index (κ3) is 3.54. The second-order valence-corrected chi connectivity index (χ2v) is 4.93. The van der Waals surface area contributed by atoms with Gasteiger partial charge in [-0.1, -0.05) is 6.92 Å². The Morgan fingerprint density at radius 3 is 3.11 bits per heavy atom. The fraction of sp³-hybridized carbons (Fsp3) is 0.692. The smallest absolute Gasteiger partial charge is 0.305 e. The molecule has 0 bridgehead atoms. The van der Waals surface area contributed by atoms with Gasteiger partial charge in [0, 0.05) is 37.9 Å². The van der Waals surface area contributed by atoms with Crippen LogP contribution in [0.2, 0.25) is 0 Å². The molecule has 1 atom stereocenters. The monoisotopic (exact) mass is 267 g/mol. The number of rotatable bonds is 5. The number of aromatic nitrogens is 2. The number of nitrogens with zero attached hydrogens (tertiary/aromatic N) is 3. The van der Waals surface area contributed by atoms with E-state index >= 15 is 0 Å². The zero-order valence-electron chi connectivity index (χ0n) is 11.5. The molecule has 1 N–H and O–H groups in total. The molecular weight excluding hydrogens is 246 g/mol. The first-order chi connectivity index (χ1) is 9.10. The van der Waals surface area contributed by atoms with Crippen molar-refractivity contribution in [2.45, 2.75) is 32.4 Å². The van der Waals surface area contributed by atoms with E-state index in [0.717, 1.165) is 25.2 Å². The average molecular weight is 267 g/mol. The number of ether oxygens (including phenoxy) is 1. The van der Waals surface area contributed by atoms with Crippen LogP contribution in [0.25, 0.3) is 0 Å². The van der Waals surface area contributed by atoms with Gasteiger partial charge in [0.25, 0.3) is 0 Å². The predicted octanol–water partition coefficient (Wildman–Crippen LogP) is 0.658. The number of carboxylic acid groups (broad SMARTS) is 1. The summed E-state index contributed by atoms with van der Waals surface area (Å²) in [6.07, 6.45) is 3.04. The van der Waals surface area contributed by atoms with Gasteiger partial charge in [-0.05, 0) is 6.42 Å². The summed E-state index contributed by atoms with van der Waals surface area (Å²) in [5.41, 5.74) is 2.27. The van der Waals surface area contributed by atoms with Crippen molar-refractivity contribution in [2.75, 3.05) is 19.8 Å². The first kappa shape index (κ1) is 14.0. The molecule has 106 valence electrons. The molecular formula is C13H21N3O3. The van der Waals surface area contributed by atoms with E-state index in [1.54, 1.807) is 0 Å². The fourth-order valence-corrected chi connectivity index (χ4v) is 2.52. The molecule has 1 aliphatic rings. The molecule has 19 heavy (non-hydrogen) atoms. The van der Waals surface area contributed by atoms with Crippen LogP contribution in [0.5, 0.6) is 0 Å². The van der Waals surface area contributed by atoms with Crippen LogP contribution in [0, 0.1) is 0 Å². The SMILES string of the molecule is CCc1nn(C)cc1CN1CCOCC1CC(=O)O. The van der Waals surface area contributed by atoms with Crippen LogP contribution in [0.15, 0.2) is 6.20 Å². The van der Waals surface area contributed by atoms with E-state index in [-0.39, 0.29) is 12.5 Å². The Balaban J connectivity index is 2.08. The van der Waals surface area contributed by atoms with Gasteiger partial charge in [0.05, 0.1) is 25.3 Å². The topological polar surface area (TPSA) is 67.6 Å². The second-order valence-electron chi connectivity index (χ2n) is 4.93. The maximum absolute atomic E-state index is 10.9. The van der Waals surface area contributed by atoms with Gasteiger partial charge in [0.15, 0.2) is 0 Å². The molecule has 0 amide bonds. The Morgan fingerprint density at radius 2 is 2.42 bits per heavy atom. The molecule has 0 saturated carbocycles. The van der Waals surface area contributed by atoms with Crippen molar-refractivity contribution in [3.8, 4) is 0 Å². The Labute approximate surface area is 113 Å². The summed E-state index contributed by atoms with van der Waals surface area (Å²) in [5, 5.41) is 13.4. The van der Waals surface area contributed by atoms with Crippen molar-refractivity contribution >= 4 is 5.97 Å². The quantitative estimate of drug-likeness (QED) is 0.848. The normalized spacial score (nSPS) is 20.6. The molecule has 0 aliphatic carbocycles. The van der Waals surface area contributed by atoms with Crippen LogP contribution in [0.4, 0.5) is 0 Å². The average Bonchev–Trinajstić information content (AvgIpc) is 2.71. The Hall–Kier alpha value is -1.40. The van der Waals surface area contributed by atoms with Gasteiger partial charge in [-0.15, -0.1) is 0 Å². The molecule has 1 fully saturated rings. The zero-order chi connectivity index (χ0) is 13.8. The van der Waals surface area contributed by atoms with Gasteiger partial charge in [-0.25, -0.2) is 0 Å². The van der Waals surface area contributed by atoms with Crippen LogP contribution in [0.1, 0.15) is 24.6 Å². The molecule has 0 radical (unpaired) electrons. The Kier molecular flexibility index (Phi) is 4.55. The first-order valence-corrected chi connectivity index (χ1v) is 6.65. The fourth-order valence-electron chi connectivity index (χ4n) is 2.52. The second kappa shape index (κ2) is 6.16. The van der Waals surface area contributed by atoms with Gasteiger partial charge < -0.3 is 9.84 Å². The van der Waals surface area contributed by atoms with Crippen LogP contribution >= 0.6 is 0 Å². The molecule has 6 heteroatoms. The lowest BCUT2D eigenvalue weighted by Gasteiger charge is -2.34. The van der Waals surface area contributed by atoms with Crippen molar-refractivity contribution in [3.05, 3.63) is 17.5 Å². The molecule has 0 aromatic carbocycles. The number of hydrogen-bond donors (Lipinski definition) is 1. The number of hydrogen-bond acceptors (Lipinski definition) is 4. The predicted molar refractivity (Wildman–Crippen MR) is 69.9 cm³/mol. The van der Waals surface area contributed by atoms with E-state index in [1.165, 1.54) is 5.56 Å². The van der Waals surface area contributed by atoms with Crippen LogP contribution in [0.3, 0.4) is 0 Å². The summed E-state index contributed by atoms with van der Waals surface area (Å²) in [6, 6.07) is -0.0452. The lowest BCUT2D eigenvalue weighted by molar-refractivity contribution is -0.140. The minimum atomic E-state index is -0.776. The highest BCUT2D eigenvalue weighted by molar-refractivity contribution is 5.67. The molecule has 2 rings (SSSR count). The van der Waals surface area contributed by atoms with Crippen molar-refractivity contribution in [1.82, 2.24) is 14.7 Å². The number of carboxylic acids is 1. The highest BCUT2D eigenvalue weighted by atomic mass is 16.5. The van der Waals surface area contributed by atoms with E-state index in [1.807, 2.05) is 17.9 Å². The summed E-state index contributed by atoms with van der Waals surface area (Å²) in [7, 11) is 1.91. The summed E-state index contributed by atoms with van der Waals surface area (Å²) in [4.78, 5) is 13.1. The number of aryl methyl sites for hydroxylation is 2. The van der Waals surface area contributed by atoms with Gasteiger partial charge >= 0.3 is 5.97 Å². The van der Waals surface area contributed by atoms with Crippen LogP contribution in [-0.2, 0) is 29.5 Å².